The summed E-state index contributed by atoms with van der Waals surface area (Å²) >= 11 is 0. The number of sulfonamides is 1. The number of piperidine rings is 1. The van der Waals surface area contributed by atoms with Crippen LogP contribution in [-0.2, 0) is 14.8 Å². The van der Waals surface area contributed by atoms with Crippen LogP contribution in [0.15, 0.2) is 0 Å². The first-order valence-corrected chi connectivity index (χ1v) is 6.43. The second-order valence-electron chi connectivity index (χ2n) is 3.48. The maximum Gasteiger partial charge on any atom is 0.217 e. The largest absolute Gasteiger partial charge is 0.384 e. The van der Waals surface area contributed by atoms with E-state index < -0.39 is 10.0 Å². The van der Waals surface area contributed by atoms with Gasteiger partial charge in [0, 0.05) is 13.7 Å². The van der Waals surface area contributed by atoms with Gasteiger partial charge in [-0.2, -0.15) is 4.31 Å². The molecule has 1 unspecified atom stereocenters. The SMILES string of the molecule is COCCS(=O)(=O)N1CCCCC1N. The fraction of sp³-hybridized carbons (Fsp3) is 1.00. The summed E-state index contributed by atoms with van der Waals surface area (Å²) in [6, 6.07) is 0. The maximum absolute atomic E-state index is 11.7. The first-order chi connectivity index (χ1) is 6.58. The zero-order valence-electron chi connectivity index (χ0n) is 8.48. The Balaban J connectivity index is 2.60. The van der Waals surface area contributed by atoms with E-state index in [1.807, 2.05) is 0 Å². The Kier molecular flexibility index (Phi) is 4.31. The van der Waals surface area contributed by atoms with E-state index >= 15 is 0 Å². The van der Waals surface area contributed by atoms with Gasteiger partial charge in [0.1, 0.15) is 0 Å². The van der Waals surface area contributed by atoms with Crippen molar-refractivity contribution >= 4 is 10.0 Å². The van der Waals surface area contributed by atoms with Gasteiger partial charge in [-0.3, -0.25) is 0 Å². The summed E-state index contributed by atoms with van der Waals surface area (Å²) in [7, 11) is -1.72. The number of methoxy groups -OCH3 is 1. The number of ether oxygens (including phenoxy) is 1. The lowest BCUT2D eigenvalue weighted by molar-refractivity contribution is 0.211. The summed E-state index contributed by atoms with van der Waals surface area (Å²) in [4.78, 5) is 0. The molecule has 1 rings (SSSR count). The molecule has 0 saturated carbocycles. The molecule has 2 N–H and O–H groups in total. The molecule has 5 nitrogen and oxygen atoms in total. The summed E-state index contributed by atoms with van der Waals surface area (Å²) in [5.74, 6) is 0.0250. The lowest BCUT2D eigenvalue weighted by Crippen LogP contribution is -2.49. The molecular formula is C8H18N2O3S. The molecule has 0 aromatic carbocycles. The van der Waals surface area contributed by atoms with Crippen molar-refractivity contribution in [2.75, 3.05) is 26.0 Å². The minimum absolute atomic E-state index is 0.0250. The lowest BCUT2D eigenvalue weighted by Gasteiger charge is -2.31. The molecule has 0 amide bonds. The number of hydrogen-bond acceptors (Lipinski definition) is 4. The molecular weight excluding hydrogens is 204 g/mol. The van der Waals surface area contributed by atoms with Crippen molar-refractivity contribution in [3.05, 3.63) is 0 Å². The molecule has 0 spiro atoms. The molecule has 1 aliphatic heterocycles. The van der Waals surface area contributed by atoms with E-state index in [9.17, 15) is 8.42 Å². The monoisotopic (exact) mass is 222 g/mol. The highest BCUT2D eigenvalue weighted by Gasteiger charge is 2.29. The van der Waals surface area contributed by atoms with E-state index in [1.54, 1.807) is 0 Å². The summed E-state index contributed by atoms with van der Waals surface area (Å²) in [6.45, 7) is 0.777. The van der Waals surface area contributed by atoms with Crippen molar-refractivity contribution in [2.24, 2.45) is 5.73 Å². The van der Waals surface area contributed by atoms with Gasteiger partial charge in [0.15, 0.2) is 0 Å². The first-order valence-electron chi connectivity index (χ1n) is 4.82. The second-order valence-corrected chi connectivity index (χ2v) is 5.52. The number of rotatable bonds is 4. The molecule has 1 fully saturated rings. The topological polar surface area (TPSA) is 72.6 Å². The third kappa shape index (κ3) is 2.91. The highest BCUT2D eigenvalue weighted by molar-refractivity contribution is 7.89. The van der Waals surface area contributed by atoms with Gasteiger partial charge >= 0.3 is 0 Å². The van der Waals surface area contributed by atoms with Crippen molar-refractivity contribution < 1.29 is 13.2 Å². The van der Waals surface area contributed by atoms with Gasteiger partial charge in [0.25, 0.3) is 0 Å². The fourth-order valence-corrected chi connectivity index (χ4v) is 3.12. The molecule has 14 heavy (non-hydrogen) atoms. The molecule has 1 heterocycles. The third-order valence-electron chi connectivity index (χ3n) is 2.40. The summed E-state index contributed by atoms with van der Waals surface area (Å²) in [6.07, 6.45) is 2.33. The Morgan fingerprint density at radius 2 is 2.21 bits per heavy atom. The molecule has 0 radical (unpaired) electrons. The van der Waals surface area contributed by atoms with Crippen LogP contribution in [0, 0.1) is 0 Å². The van der Waals surface area contributed by atoms with Crippen LogP contribution in [0.1, 0.15) is 19.3 Å². The molecule has 6 heteroatoms. The Bertz CT molecular complexity index is 266. The van der Waals surface area contributed by atoms with Gasteiger partial charge in [0.05, 0.1) is 18.5 Å². The van der Waals surface area contributed by atoms with Crippen LogP contribution in [0.25, 0.3) is 0 Å². The second kappa shape index (κ2) is 5.06. The summed E-state index contributed by atoms with van der Waals surface area (Å²) < 4.78 is 29.6. The van der Waals surface area contributed by atoms with Gasteiger partial charge < -0.3 is 10.5 Å². The molecule has 1 saturated heterocycles. The summed E-state index contributed by atoms with van der Waals surface area (Å²) in [5, 5.41) is 0. The highest BCUT2D eigenvalue weighted by atomic mass is 32.2. The first kappa shape index (κ1) is 11.9. The average Bonchev–Trinajstić information content (AvgIpc) is 2.15. The van der Waals surface area contributed by atoms with Crippen molar-refractivity contribution in [3.8, 4) is 0 Å². The van der Waals surface area contributed by atoms with Gasteiger partial charge in [0.2, 0.25) is 10.0 Å². The third-order valence-corrected chi connectivity index (χ3v) is 4.25. The zero-order valence-corrected chi connectivity index (χ0v) is 9.29. The normalized spacial score (nSPS) is 25.1. The highest BCUT2D eigenvalue weighted by Crippen LogP contribution is 2.17. The standard InChI is InChI=1S/C8H18N2O3S/c1-13-6-7-14(11,12)10-5-3-2-4-8(10)9/h8H,2-7,9H2,1H3. The van der Waals surface area contributed by atoms with Crippen LogP contribution in [0.4, 0.5) is 0 Å². The van der Waals surface area contributed by atoms with Crippen LogP contribution in [0.2, 0.25) is 0 Å². The van der Waals surface area contributed by atoms with E-state index in [0.29, 0.717) is 6.54 Å². The fourth-order valence-electron chi connectivity index (χ4n) is 1.58. The van der Waals surface area contributed by atoms with E-state index in [0.717, 1.165) is 19.3 Å². The minimum Gasteiger partial charge on any atom is -0.384 e. The van der Waals surface area contributed by atoms with Gasteiger partial charge in [-0.25, -0.2) is 8.42 Å². The van der Waals surface area contributed by atoms with Crippen LogP contribution >= 0.6 is 0 Å². The zero-order chi connectivity index (χ0) is 10.6. The smallest absolute Gasteiger partial charge is 0.217 e. The number of nitrogens with zero attached hydrogens (tertiary/aromatic N) is 1. The Morgan fingerprint density at radius 1 is 1.50 bits per heavy atom. The van der Waals surface area contributed by atoms with Crippen molar-refractivity contribution in [2.45, 2.75) is 25.4 Å². The molecule has 84 valence electrons. The minimum atomic E-state index is -3.21. The van der Waals surface area contributed by atoms with Crippen LogP contribution in [0.3, 0.4) is 0 Å². The Morgan fingerprint density at radius 3 is 2.79 bits per heavy atom. The quantitative estimate of drug-likeness (QED) is 0.711. The lowest BCUT2D eigenvalue weighted by atomic mass is 10.1. The van der Waals surface area contributed by atoms with Crippen LogP contribution < -0.4 is 5.73 Å². The van der Waals surface area contributed by atoms with Gasteiger partial charge in [-0.05, 0) is 19.3 Å². The van der Waals surface area contributed by atoms with E-state index in [1.165, 1.54) is 11.4 Å². The molecule has 0 bridgehead atoms. The average molecular weight is 222 g/mol. The maximum atomic E-state index is 11.7. The number of hydrogen-bond donors (Lipinski definition) is 1. The van der Waals surface area contributed by atoms with Crippen molar-refractivity contribution in [3.63, 3.8) is 0 Å². The van der Waals surface area contributed by atoms with Crippen LogP contribution in [-0.4, -0.2) is 44.9 Å². The van der Waals surface area contributed by atoms with Gasteiger partial charge in [-0.15, -0.1) is 0 Å². The van der Waals surface area contributed by atoms with Crippen molar-refractivity contribution in [1.82, 2.24) is 4.31 Å². The molecule has 0 aromatic heterocycles. The van der Waals surface area contributed by atoms with Crippen molar-refractivity contribution in [1.29, 1.82) is 0 Å². The van der Waals surface area contributed by atoms with Gasteiger partial charge in [-0.1, -0.05) is 0 Å². The molecule has 0 aliphatic carbocycles. The summed E-state index contributed by atoms with van der Waals surface area (Å²) in [5.41, 5.74) is 5.74. The predicted octanol–water partition coefficient (Wildman–Crippen LogP) is -0.267. The molecule has 0 aromatic rings. The molecule has 1 atom stereocenters. The van der Waals surface area contributed by atoms with E-state index in [2.05, 4.69) is 0 Å². The Labute approximate surface area is 85.3 Å². The van der Waals surface area contributed by atoms with E-state index in [4.69, 9.17) is 10.5 Å². The van der Waals surface area contributed by atoms with Crippen LogP contribution in [0.5, 0.6) is 0 Å². The predicted molar refractivity (Wildman–Crippen MR) is 54.2 cm³/mol. The van der Waals surface area contributed by atoms with E-state index in [-0.39, 0.29) is 18.5 Å². The molecule has 1 aliphatic rings. The Hall–Kier alpha value is -0.170. The number of nitrogens with two attached hydrogens (primary N) is 1.